The van der Waals surface area contributed by atoms with E-state index >= 15 is 0 Å². The summed E-state index contributed by atoms with van der Waals surface area (Å²) in [5.74, 6) is -0.252. The lowest BCUT2D eigenvalue weighted by Crippen LogP contribution is -2.22. The van der Waals surface area contributed by atoms with Gasteiger partial charge >= 0.3 is 0 Å². The summed E-state index contributed by atoms with van der Waals surface area (Å²) in [6.07, 6.45) is 1.14. The Kier molecular flexibility index (Phi) is 5.51. The number of benzene rings is 2. The van der Waals surface area contributed by atoms with Crippen LogP contribution in [0.2, 0.25) is 5.02 Å². The number of amides is 1. The Morgan fingerprint density at radius 3 is 2.29 bits per heavy atom. The SMILES string of the molecule is Cc1cc(C)c(NCC(=O)Nc2ccc(S(C)(=O)=O)cc2)c(Cl)c1. The fraction of sp³-hybridized carbons (Fsp3) is 0.235. The zero-order valence-corrected chi connectivity index (χ0v) is 15.3. The number of rotatable bonds is 5. The first kappa shape index (κ1) is 18.3. The van der Waals surface area contributed by atoms with Gasteiger partial charge < -0.3 is 10.6 Å². The second kappa shape index (κ2) is 7.23. The van der Waals surface area contributed by atoms with E-state index in [0.717, 1.165) is 23.1 Å². The van der Waals surface area contributed by atoms with Crippen molar-refractivity contribution in [1.82, 2.24) is 0 Å². The molecule has 0 aliphatic rings. The predicted molar refractivity (Wildman–Crippen MR) is 97.6 cm³/mol. The standard InChI is InChI=1S/C17H19ClN2O3S/c1-11-8-12(2)17(15(18)9-11)19-10-16(21)20-13-4-6-14(7-5-13)24(3,22)23/h4-9,19H,10H2,1-3H3,(H,20,21). The molecule has 0 atom stereocenters. The Morgan fingerprint density at radius 2 is 1.75 bits per heavy atom. The molecule has 0 heterocycles. The van der Waals surface area contributed by atoms with Crippen molar-refractivity contribution in [1.29, 1.82) is 0 Å². The number of carbonyl (C=O) groups is 1. The molecule has 2 N–H and O–H groups in total. The molecule has 0 unspecified atom stereocenters. The third kappa shape index (κ3) is 4.72. The molecule has 2 rings (SSSR count). The number of carbonyl (C=O) groups excluding carboxylic acids is 1. The summed E-state index contributed by atoms with van der Waals surface area (Å²) in [5, 5.41) is 6.29. The Balaban J connectivity index is 1.99. The molecule has 0 spiro atoms. The third-order valence-corrected chi connectivity index (χ3v) is 4.85. The number of aryl methyl sites for hydroxylation is 2. The predicted octanol–water partition coefficient (Wildman–Crippen LogP) is 3.41. The van der Waals surface area contributed by atoms with Gasteiger partial charge in [0, 0.05) is 11.9 Å². The van der Waals surface area contributed by atoms with Crippen LogP contribution >= 0.6 is 11.6 Å². The molecule has 0 fully saturated rings. The van der Waals surface area contributed by atoms with Crippen LogP contribution in [-0.2, 0) is 14.6 Å². The van der Waals surface area contributed by atoms with Gasteiger partial charge in [-0.25, -0.2) is 8.42 Å². The molecule has 0 saturated carbocycles. The maximum Gasteiger partial charge on any atom is 0.243 e. The lowest BCUT2D eigenvalue weighted by Gasteiger charge is -2.13. The Hall–Kier alpha value is -2.05. The first-order valence-corrected chi connectivity index (χ1v) is 9.54. The fourth-order valence-corrected chi connectivity index (χ4v) is 3.32. The molecule has 2 aromatic carbocycles. The van der Waals surface area contributed by atoms with Gasteiger partial charge in [0.05, 0.1) is 22.2 Å². The summed E-state index contributed by atoms with van der Waals surface area (Å²) in [4.78, 5) is 12.2. The zero-order chi connectivity index (χ0) is 17.9. The molecular formula is C17H19ClN2O3S. The first-order valence-electron chi connectivity index (χ1n) is 7.27. The highest BCUT2D eigenvalue weighted by Crippen LogP contribution is 2.27. The molecule has 0 aliphatic carbocycles. The fourth-order valence-electron chi connectivity index (χ4n) is 2.30. The second-order valence-electron chi connectivity index (χ2n) is 5.64. The summed E-state index contributed by atoms with van der Waals surface area (Å²) in [6.45, 7) is 3.93. The molecular weight excluding hydrogens is 348 g/mol. The van der Waals surface area contributed by atoms with Gasteiger partial charge in [-0.1, -0.05) is 17.7 Å². The van der Waals surface area contributed by atoms with Gasteiger partial charge in [0.1, 0.15) is 0 Å². The van der Waals surface area contributed by atoms with Crippen LogP contribution in [0, 0.1) is 13.8 Å². The van der Waals surface area contributed by atoms with Crippen LogP contribution in [0.15, 0.2) is 41.3 Å². The number of hydrogen-bond donors (Lipinski definition) is 2. The van der Waals surface area contributed by atoms with E-state index in [9.17, 15) is 13.2 Å². The van der Waals surface area contributed by atoms with Crippen LogP contribution in [0.3, 0.4) is 0 Å². The van der Waals surface area contributed by atoms with E-state index in [1.54, 1.807) is 12.1 Å². The van der Waals surface area contributed by atoms with E-state index < -0.39 is 9.84 Å². The van der Waals surface area contributed by atoms with Crippen LogP contribution in [0.25, 0.3) is 0 Å². The van der Waals surface area contributed by atoms with Crippen LogP contribution in [0.5, 0.6) is 0 Å². The summed E-state index contributed by atoms with van der Waals surface area (Å²) in [6, 6.07) is 9.84. The van der Waals surface area contributed by atoms with Crippen LogP contribution in [0.1, 0.15) is 11.1 Å². The molecule has 7 heteroatoms. The normalized spacial score (nSPS) is 11.2. The quantitative estimate of drug-likeness (QED) is 0.850. The molecule has 2 aromatic rings. The van der Waals surface area contributed by atoms with E-state index in [0.29, 0.717) is 10.7 Å². The van der Waals surface area contributed by atoms with Crippen molar-refractivity contribution in [3.8, 4) is 0 Å². The number of hydrogen-bond acceptors (Lipinski definition) is 4. The van der Waals surface area contributed by atoms with Crippen molar-refractivity contribution in [3.05, 3.63) is 52.5 Å². The Bertz CT molecular complexity index is 839. The molecule has 128 valence electrons. The van der Waals surface area contributed by atoms with Gasteiger partial charge in [-0.15, -0.1) is 0 Å². The zero-order valence-electron chi connectivity index (χ0n) is 13.7. The summed E-state index contributed by atoms with van der Waals surface area (Å²) in [7, 11) is -3.25. The van der Waals surface area contributed by atoms with Gasteiger partial charge in [-0.2, -0.15) is 0 Å². The minimum atomic E-state index is -3.25. The van der Waals surface area contributed by atoms with Crippen molar-refractivity contribution in [2.75, 3.05) is 23.4 Å². The van der Waals surface area contributed by atoms with Crippen LogP contribution in [0.4, 0.5) is 11.4 Å². The Morgan fingerprint density at radius 1 is 1.12 bits per heavy atom. The molecule has 0 bridgehead atoms. The average Bonchev–Trinajstić information content (AvgIpc) is 2.45. The minimum Gasteiger partial charge on any atom is -0.375 e. The topological polar surface area (TPSA) is 75.3 Å². The maximum absolute atomic E-state index is 12.0. The minimum absolute atomic E-state index is 0.0530. The van der Waals surface area contributed by atoms with Gasteiger partial charge in [-0.05, 0) is 55.3 Å². The maximum atomic E-state index is 12.0. The molecule has 0 aliphatic heterocycles. The number of anilines is 2. The van der Waals surface area contributed by atoms with Crippen molar-refractivity contribution in [2.45, 2.75) is 18.7 Å². The van der Waals surface area contributed by atoms with E-state index in [4.69, 9.17) is 11.6 Å². The number of nitrogens with one attached hydrogen (secondary N) is 2. The van der Waals surface area contributed by atoms with Gasteiger partial charge in [0.15, 0.2) is 9.84 Å². The van der Waals surface area contributed by atoms with Crippen LogP contribution < -0.4 is 10.6 Å². The van der Waals surface area contributed by atoms with E-state index in [2.05, 4.69) is 10.6 Å². The molecule has 0 radical (unpaired) electrons. The molecule has 24 heavy (non-hydrogen) atoms. The molecule has 5 nitrogen and oxygen atoms in total. The van der Waals surface area contributed by atoms with Crippen molar-refractivity contribution in [3.63, 3.8) is 0 Å². The number of sulfone groups is 1. The monoisotopic (exact) mass is 366 g/mol. The highest BCUT2D eigenvalue weighted by Gasteiger charge is 2.09. The van der Waals surface area contributed by atoms with Crippen molar-refractivity contribution in [2.24, 2.45) is 0 Å². The van der Waals surface area contributed by atoms with Crippen LogP contribution in [-0.4, -0.2) is 27.1 Å². The van der Waals surface area contributed by atoms with Crippen molar-refractivity contribution >= 4 is 38.7 Å². The number of halogens is 1. The summed E-state index contributed by atoms with van der Waals surface area (Å²) in [5.41, 5.74) is 3.27. The Labute approximate surface area is 147 Å². The molecule has 1 amide bonds. The van der Waals surface area contributed by atoms with Gasteiger partial charge in [0.25, 0.3) is 0 Å². The highest BCUT2D eigenvalue weighted by atomic mass is 35.5. The van der Waals surface area contributed by atoms with Gasteiger partial charge in [-0.3, -0.25) is 4.79 Å². The van der Waals surface area contributed by atoms with E-state index in [-0.39, 0.29) is 17.3 Å². The average molecular weight is 367 g/mol. The van der Waals surface area contributed by atoms with Crippen molar-refractivity contribution < 1.29 is 13.2 Å². The smallest absolute Gasteiger partial charge is 0.243 e. The highest BCUT2D eigenvalue weighted by molar-refractivity contribution is 7.90. The van der Waals surface area contributed by atoms with E-state index in [1.807, 2.05) is 26.0 Å². The summed E-state index contributed by atoms with van der Waals surface area (Å²) < 4.78 is 22.8. The molecule has 0 saturated heterocycles. The third-order valence-electron chi connectivity index (χ3n) is 3.42. The van der Waals surface area contributed by atoms with E-state index in [1.165, 1.54) is 12.1 Å². The lowest BCUT2D eigenvalue weighted by molar-refractivity contribution is -0.114. The second-order valence-corrected chi connectivity index (χ2v) is 8.06. The largest absolute Gasteiger partial charge is 0.375 e. The van der Waals surface area contributed by atoms with Gasteiger partial charge in [0.2, 0.25) is 5.91 Å². The molecule has 0 aromatic heterocycles. The summed E-state index contributed by atoms with van der Waals surface area (Å²) >= 11 is 6.19. The first-order chi connectivity index (χ1) is 11.2. The lowest BCUT2D eigenvalue weighted by atomic mass is 10.1.